The summed E-state index contributed by atoms with van der Waals surface area (Å²) >= 11 is 0. The lowest BCUT2D eigenvalue weighted by Gasteiger charge is -2.20. The summed E-state index contributed by atoms with van der Waals surface area (Å²) in [4.78, 5) is 11.2. The van der Waals surface area contributed by atoms with Gasteiger partial charge in [0.2, 0.25) is 15.9 Å². The van der Waals surface area contributed by atoms with E-state index >= 15 is 0 Å². The molecule has 84 valence electrons. The Balaban J connectivity index is 4.00. The molecule has 14 heavy (non-hydrogen) atoms. The molecule has 0 fully saturated rings. The predicted molar refractivity (Wildman–Crippen MR) is 55.4 cm³/mol. The lowest BCUT2D eigenvalue weighted by atomic mass is 10.1. The number of carbonyl (C=O) groups is 1. The monoisotopic (exact) mass is 222 g/mol. The van der Waals surface area contributed by atoms with Crippen LogP contribution in [-0.4, -0.2) is 32.2 Å². The SMILES string of the molecule is CCS(=O)(=O)NCC(=O)NC(C)(C)C. The van der Waals surface area contributed by atoms with E-state index < -0.39 is 10.0 Å². The molecule has 2 N–H and O–H groups in total. The fourth-order valence-corrected chi connectivity index (χ4v) is 1.30. The van der Waals surface area contributed by atoms with Gasteiger partial charge in [-0.25, -0.2) is 13.1 Å². The van der Waals surface area contributed by atoms with Crippen LogP contribution < -0.4 is 10.0 Å². The Hall–Kier alpha value is -0.620. The minimum Gasteiger partial charge on any atom is -0.350 e. The number of hydrogen-bond donors (Lipinski definition) is 2. The second-order valence-electron chi connectivity index (χ2n) is 4.02. The summed E-state index contributed by atoms with van der Waals surface area (Å²) in [6.45, 7) is 6.81. The molecule has 0 saturated carbocycles. The maximum absolute atomic E-state index is 11.2. The average molecular weight is 222 g/mol. The predicted octanol–water partition coefficient (Wildman–Crippen LogP) is -0.160. The minimum absolute atomic E-state index is 0.0181. The summed E-state index contributed by atoms with van der Waals surface area (Å²) in [7, 11) is -3.28. The molecule has 5 nitrogen and oxygen atoms in total. The van der Waals surface area contributed by atoms with Gasteiger partial charge in [0.15, 0.2) is 0 Å². The van der Waals surface area contributed by atoms with Crippen LogP contribution in [0.15, 0.2) is 0 Å². The molecule has 0 radical (unpaired) electrons. The molecule has 0 heterocycles. The third kappa shape index (κ3) is 6.85. The van der Waals surface area contributed by atoms with E-state index in [1.165, 1.54) is 6.92 Å². The highest BCUT2D eigenvalue weighted by molar-refractivity contribution is 7.89. The lowest BCUT2D eigenvalue weighted by Crippen LogP contribution is -2.46. The number of nitrogens with one attached hydrogen (secondary N) is 2. The molecule has 1 amide bonds. The zero-order valence-corrected chi connectivity index (χ0v) is 9.86. The number of amides is 1. The van der Waals surface area contributed by atoms with Gasteiger partial charge in [0, 0.05) is 5.54 Å². The first-order valence-electron chi connectivity index (χ1n) is 4.44. The number of sulfonamides is 1. The van der Waals surface area contributed by atoms with E-state index in [2.05, 4.69) is 10.0 Å². The highest BCUT2D eigenvalue weighted by Gasteiger charge is 2.15. The topological polar surface area (TPSA) is 75.3 Å². The van der Waals surface area contributed by atoms with Crippen LogP contribution in [0, 0.1) is 0 Å². The number of hydrogen-bond acceptors (Lipinski definition) is 3. The van der Waals surface area contributed by atoms with Crippen LogP contribution in [0.3, 0.4) is 0 Å². The van der Waals surface area contributed by atoms with Crippen molar-refractivity contribution in [2.75, 3.05) is 12.3 Å². The lowest BCUT2D eigenvalue weighted by molar-refractivity contribution is -0.121. The van der Waals surface area contributed by atoms with Crippen molar-refractivity contribution in [2.24, 2.45) is 0 Å². The quantitative estimate of drug-likeness (QED) is 0.694. The van der Waals surface area contributed by atoms with Gasteiger partial charge >= 0.3 is 0 Å². The summed E-state index contributed by atoms with van der Waals surface area (Å²) in [5.74, 6) is -0.343. The molecule has 0 saturated heterocycles. The third-order valence-corrected chi connectivity index (χ3v) is 2.69. The highest BCUT2D eigenvalue weighted by atomic mass is 32.2. The zero-order chi connectivity index (χ0) is 11.4. The van der Waals surface area contributed by atoms with Crippen LogP contribution in [-0.2, 0) is 14.8 Å². The molecule has 0 aromatic carbocycles. The van der Waals surface area contributed by atoms with Gasteiger partial charge in [0.1, 0.15) is 0 Å². The van der Waals surface area contributed by atoms with E-state index in [-0.39, 0.29) is 23.7 Å². The third-order valence-electron chi connectivity index (χ3n) is 1.35. The van der Waals surface area contributed by atoms with Crippen LogP contribution in [0.2, 0.25) is 0 Å². The Labute approximate surface area is 85.3 Å². The van der Waals surface area contributed by atoms with Crippen molar-refractivity contribution >= 4 is 15.9 Å². The molecule has 0 aliphatic rings. The van der Waals surface area contributed by atoms with Gasteiger partial charge < -0.3 is 5.32 Å². The Morgan fingerprint density at radius 3 is 2.14 bits per heavy atom. The standard InChI is InChI=1S/C8H18N2O3S/c1-5-14(12,13)9-6-7(11)10-8(2,3)4/h9H,5-6H2,1-4H3,(H,10,11). The largest absolute Gasteiger partial charge is 0.350 e. The van der Waals surface area contributed by atoms with Crippen molar-refractivity contribution in [2.45, 2.75) is 33.2 Å². The molecule has 0 spiro atoms. The molecule has 0 aliphatic heterocycles. The zero-order valence-electron chi connectivity index (χ0n) is 9.05. The van der Waals surface area contributed by atoms with Gasteiger partial charge in [-0.05, 0) is 27.7 Å². The normalized spacial score (nSPS) is 12.6. The maximum Gasteiger partial charge on any atom is 0.235 e. The number of rotatable bonds is 4. The Morgan fingerprint density at radius 2 is 1.79 bits per heavy atom. The fourth-order valence-electron chi connectivity index (χ4n) is 0.740. The molecule has 0 bridgehead atoms. The Morgan fingerprint density at radius 1 is 1.29 bits per heavy atom. The Kier molecular flexibility index (Phi) is 4.54. The molecule has 0 unspecified atom stereocenters. The first-order valence-corrected chi connectivity index (χ1v) is 6.10. The summed E-state index contributed by atoms with van der Waals surface area (Å²) < 4.78 is 24.1. The molecule has 0 aromatic heterocycles. The molecule has 0 atom stereocenters. The summed E-state index contributed by atoms with van der Waals surface area (Å²) in [5, 5.41) is 2.65. The summed E-state index contributed by atoms with van der Waals surface area (Å²) in [6, 6.07) is 0. The smallest absolute Gasteiger partial charge is 0.235 e. The van der Waals surface area contributed by atoms with Gasteiger partial charge in [-0.15, -0.1) is 0 Å². The Bertz CT molecular complexity index is 290. The van der Waals surface area contributed by atoms with Crippen molar-refractivity contribution < 1.29 is 13.2 Å². The van der Waals surface area contributed by atoms with E-state index in [1.54, 1.807) is 0 Å². The molecule has 0 rings (SSSR count). The van der Waals surface area contributed by atoms with Gasteiger partial charge in [0.05, 0.1) is 12.3 Å². The van der Waals surface area contributed by atoms with Crippen LogP contribution in [0.1, 0.15) is 27.7 Å². The molecule has 0 aromatic rings. The summed E-state index contributed by atoms with van der Waals surface area (Å²) in [5.41, 5.74) is -0.339. The second-order valence-corrected chi connectivity index (χ2v) is 6.12. The maximum atomic E-state index is 11.2. The molecular weight excluding hydrogens is 204 g/mol. The van der Waals surface area contributed by atoms with Crippen molar-refractivity contribution in [3.05, 3.63) is 0 Å². The summed E-state index contributed by atoms with van der Waals surface area (Å²) in [6.07, 6.45) is 0. The van der Waals surface area contributed by atoms with Crippen molar-refractivity contribution in [3.63, 3.8) is 0 Å². The van der Waals surface area contributed by atoms with Gasteiger partial charge in [-0.3, -0.25) is 4.79 Å². The van der Waals surface area contributed by atoms with E-state index in [1.807, 2.05) is 20.8 Å². The molecule has 0 aliphatic carbocycles. The highest BCUT2D eigenvalue weighted by Crippen LogP contribution is 1.97. The van der Waals surface area contributed by atoms with Crippen molar-refractivity contribution in [3.8, 4) is 0 Å². The van der Waals surface area contributed by atoms with Crippen LogP contribution in [0.4, 0.5) is 0 Å². The van der Waals surface area contributed by atoms with E-state index in [9.17, 15) is 13.2 Å². The van der Waals surface area contributed by atoms with Crippen molar-refractivity contribution in [1.29, 1.82) is 0 Å². The molecule has 6 heteroatoms. The van der Waals surface area contributed by atoms with E-state index in [0.29, 0.717) is 0 Å². The van der Waals surface area contributed by atoms with Crippen LogP contribution >= 0.6 is 0 Å². The van der Waals surface area contributed by atoms with Gasteiger partial charge in [0.25, 0.3) is 0 Å². The van der Waals surface area contributed by atoms with E-state index in [0.717, 1.165) is 0 Å². The fraction of sp³-hybridized carbons (Fsp3) is 0.875. The van der Waals surface area contributed by atoms with Crippen LogP contribution in [0.5, 0.6) is 0 Å². The first-order chi connectivity index (χ1) is 6.16. The molecular formula is C8H18N2O3S. The van der Waals surface area contributed by atoms with E-state index in [4.69, 9.17) is 0 Å². The minimum atomic E-state index is -3.28. The van der Waals surface area contributed by atoms with Crippen molar-refractivity contribution in [1.82, 2.24) is 10.0 Å². The second kappa shape index (κ2) is 4.75. The number of carbonyl (C=O) groups excluding carboxylic acids is 1. The first kappa shape index (κ1) is 13.4. The van der Waals surface area contributed by atoms with Crippen LogP contribution in [0.25, 0.3) is 0 Å². The average Bonchev–Trinajstić information content (AvgIpc) is 1.98. The van der Waals surface area contributed by atoms with Gasteiger partial charge in [-0.1, -0.05) is 0 Å². The van der Waals surface area contributed by atoms with Gasteiger partial charge in [-0.2, -0.15) is 0 Å².